The summed E-state index contributed by atoms with van der Waals surface area (Å²) >= 11 is 3.44. The second-order valence-electron chi connectivity index (χ2n) is 6.40. The first kappa shape index (κ1) is 15.7. The van der Waals surface area contributed by atoms with Crippen LogP contribution in [0.1, 0.15) is 50.8 Å². The molecule has 0 unspecified atom stereocenters. The molecular formula is C16H22BrN3O2. The zero-order valence-corrected chi connectivity index (χ0v) is 14.7. The molecule has 2 fully saturated rings. The van der Waals surface area contributed by atoms with E-state index in [0.717, 1.165) is 35.8 Å². The van der Waals surface area contributed by atoms with Crippen molar-refractivity contribution in [2.75, 3.05) is 6.54 Å². The molecule has 1 aliphatic carbocycles. The lowest BCUT2D eigenvalue weighted by atomic mass is 9.77. The number of carbonyl (C=O) groups is 2. The van der Waals surface area contributed by atoms with E-state index in [0.29, 0.717) is 18.7 Å². The van der Waals surface area contributed by atoms with E-state index >= 15 is 0 Å². The minimum absolute atomic E-state index is 0.0594. The summed E-state index contributed by atoms with van der Waals surface area (Å²) in [5.41, 5.74) is 0.953. The third kappa shape index (κ3) is 2.62. The number of Topliss-reactive ketones (excluding diaryl/α,β-unsaturated/α-hetero) is 1. The lowest BCUT2D eigenvalue weighted by Crippen LogP contribution is -2.54. The maximum atomic E-state index is 13.0. The summed E-state index contributed by atoms with van der Waals surface area (Å²) < 4.78 is 2.68. The molecule has 1 aromatic heterocycles. The molecule has 5 nitrogen and oxygen atoms in total. The number of rotatable bonds is 2. The number of fused-ring (bicyclic) bond motifs is 1. The summed E-state index contributed by atoms with van der Waals surface area (Å²) in [7, 11) is 0. The molecule has 0 spiro atoms. The SMILES string of the molecule is Cc1c(Br)cnn1[C@H](C)C(=O)N1CCC(=O)[C@H]2CCCC[C@@H]21. The van der Waals surface area contributed by atoms with Crippen LogP contribution in [0.4, 0.5) is 0 Å². The number of hydrogen-bond acceptors (Lipinski definition) is 3. The van der Waals surface area contributed by atoms with Gasteiger partial charge in [0.1, 0.15) is 11.8 Å². The van der Waals surface area contributed by atoms with Gasteiger partial charge in [-0.15, -0.1) is 0 Å². The third-order valence-electron chi connectivity index (χ3n) is 5.13. The highest BCUT2D eigenvalue weighted by Gasteiger charge is 2.41. The van der Waals surface area contributed by atoms with Gasteiger partial charge < -0.3 is 4.90 Å². The summed E-state index contributed by atoms with van der Waals surface area (Å²) in [6, 6.07) is -0.230. The summed E-state index contributed by atoms with van der Waals surface area (Å²) in [5, 5.41) is 4.31. The zero-order valence-electron chi connectivity index (χ0n) is 13.1. The minimum atomic E-state index is -0.331. The molecule has 6 heteroatoms. The number of aromatic nitrogens is 2. The Hall–Kier alpha value is -1.17. The molecule has 1 aliphatic heterocycles. The van der Waals surface area contributed by atoms with E-state index in [9.17, 15) is 9.59 Å². The van der Waals surface area contributed by atoms with Gasteiger partial charge in [-0.2, -0.15) is 5.10 Å². The predicted molar refractivity (Wildman–Crippen MR) is 86.5 cm³/mol. The van der Waals surface area contributed by atoms with E-state index < -0.39 is 0 Å². The lowest BCUT2D eigenvalue weighted by molar-refractivity contribution is -0.145. The number of carbonyl (C=O) groups excluding carboxylic acids is 2. The fourth-order valence-electron chi connectivity index (χ4n) is 3.85. The molecule has 0 radical (unpaired) electrons. The number of halogens is 1. The molecule has 2 heterocycles. The Morgan fingerprint density at radius 2 is 2.14 bits per heavy atom. The number of ketones is 1. The van der Waals surface area contributed by atoms with Crippen molar-refractivity contribution >= 4 is 27.6 Å². The quantitative estimate of drug-likeness (QED) is 0.807. The highest BCUT2D eigenvalue weighted by atomic mass is 79.9. The van der Waals surface area contributed by atoms with Crippen LogP contribution in [0, 0.1) is 12.8 Å². The van der Waals surface area contributed by atoms with Crippen molar-refractivity contribution in [3.05, 3.63) is 16.4 Å². The molecule has 1 aromatic rings. The van der Waals surface area contributed by atoms with Gasteiger partial charge in [-0.1, -0.05) is 12.8 Å². The lowest BCUT2D eigenvalue weighted by Gasteiger charge is -2.44. The van der Waals surface area contributed by atoms with E-state index in [4.69, 9.17) is 0 Å². The van der Waals surface area contributed by atoms with Crippen LogP contribution in [-0.2, 0) is 9.59 Å². The second-order valence-corrected chi connectivity index (χ2v) is 7.26. The Labute approximate surface area is 139 Å². The molecule has 0 N–H and O–H groups in total. The molecule has 0 aromatic carbocycles. The topological polar surface area (TPSA) is 55.2 Å². The van der Waals surface area contributed by atoms with E-state index in [1.165, 1.54) is 0 Å². The smallest absolute Gasteiger partial charge is 0.247 e. The van der Waals surface area contributed by atoms with Gasteiger partial charge in [0, 0.05) is 24.9 Å². The summed E-state index contributed by atoms with van der Waals surface area (Å²) in [6.07, 6.45) is 6.34. The number of amides is 1. The molecule has 1 amide bonds. The Balaban J connectivity index is 1.81. The van der Waals surface area contributed by atoms with Crippen LogP contribution in [0.2, 0.25) is 0 Å². The van der Waals surface area contributed by atoms with Crippen LogP contribution in [0.3, 0.4) is 0 Å². The summed E-state index contributed by atoms with van der Waals surface area (Å²) in [4.78, 5) is 27.0. The first-order valence-electron chi connectivity index (χ1n) is 8.03. The Morgan fingerprint density at radius 1 is 1.41 bits per heavy atom. The van der Waals surface area contributed by atoms with Crippen LogP contribution in [0.15, 0.2) is 10.7 Å². The van der Waals surface area contributed by atoms with E-state index in [1.54, 1.807) is 10.9 Å². The fraction of sp³-hybridized carbons (Fsp3) is 0.688. The molecule has 1 saturated heterocycles. The molecule has 3 atom stereocenters. The Morgan fingerprint density at radius 3 is 2.82 bits per heavy atom. The molecule has 120 valence electrons. The molecule has 0 bridgehead atoms. The van der Waals surface area contributed by atoms with Gasteiger partial charge in [-0.05, 0) is 42.6 Å². The highest BCUT2D eigenvalue weighted by Crippen LogP contribution is 2.34. The van der Waals surface area contributed by atoms with Gasteiger partial charge >= 0.3 is 0 Å². The first-order chi connectivity index (χ1) is 10.5. The Kier molecular flexibility index (Phi) is 4.39. The van der Waals surface area contributed by atoms with Gasteiger partial charge in [0.25, 0.3) is 0 Å². The van der Waals surface area contributed by atoms with Crippen LogP contribution in [-0.4, -0.2) is 39.0 Å². The van der Waals surface area contributed by atoms with Crippen molar-refractivity contribution < 1.29 is 9.59 Å². The van der Waals surface area contributed by atoms with E-state index in [2.05, 4.69) is 21.0 Å². The van der Waals surface area contributed by atoms with Crippen molar-refractivity contribution in [2.45, 2.75) is 58.0 Å². The summed E-state index contributed by atoms with van der Waals surface area (Å²) in [6.45, 7) is 4.40. The van der Waals surface area contributed by atoms with Crippen LogP contribution < -0.4 is 0 Å². The molecular weight excluding hydrogens is 346 g/mol. The maximum absolute atomic E-state index is 13.0. The monoisotopic (exact) mass is 367 g/mol. The van der Waals surface area contributed by atoms with Crippen LogP contribution in [0.25, 0.3) is 0 Å². The largest absolute Gasteiger partial charge is 0.337 e. The van der Waals surface area contributed by atoms with Gasteiger partial charge in [-0.25, -0.2) is 0 Å². The number of piperidine rings is 1. The standard InChI is InChI=1S/C16H22BrN3O2/c1-10-13(17)9-18-20(10)11(2)16(22)19-8-7-15(21)12-5-3-4-6-14(12)19/h9,11-12,14H,3-8H2,1-2H3/t11-,12+,14+/m1/s1. The van der Waals surface area contributed by atoms with Crippen LogP contribution in [0.5, 0.6) is 0 Å². The van der Waals surface area contributed by atoms with E-state index in [1.807, 2.05) is 18.7 Å². The average Bonchev–Trinajstić information content (AvgIpc) is 2.86. The van der Waals surface area contributed by atoms with Crippen molar-refractivity contribution in [2.24, 2.45) is 5.92 Å². The zero-order chi connectivity index (χ0) is 15.9. The Bertz CT molecular complexity index is 598. The first-order valence-corrected chi connectivity index (χ1v) is 8.83. The summed E-state index contributed by atoms with van der Waals surface area (Å²) in [5.74, 6) is 0.492. The van der Waals surface area contributed by atoms with E-state index in [-0.39, 0.29) is 23.9 Å². The van der Waals surface area contributed by atoms with Crippen molar-refractivity contribution in [3.63, 3.8) is 0 Å². The molecule has 2 aliphatic rings. The molecule has 3 rings (SSSR count). The fourth-order valence-corrected chi connectivity index (χ4v) is 4.13. The van der Waals surface area contributed by atoms with Gasteiger partial charge in [0.05, 0.1) is 16.4 Å². The van der Waals surface area contributed by atoms with Crippen molar-refractivity contribution in [3.8, 4) is 0 Å². The van der Waals surface area contributed by atoms with Gasteiger partial charge in [0.15, 0.2) is 0 Å². The van der Waals surface area contributed by atoms with Gasteiger partial charge in [0.2, 0.25) is 5.91 Å². The second kappa shape index (κ2) is 6.14. The maximum Gasteiger partial charge on any atom is 0.247 e. The molecule has 22 heavy (non-hydrogen) atoms. The average molecular weight is 368 g/mol. The van der Waals surface area contributed by atoms with Crippen LogP contribution >= 0.6 is 15.9 Å². The minimum Gasteiger partial charge on any atom is -0.337 e. The number of likely N-dealkylation sites (tertiary alicyclic amines) is 1. The van der Waals surface area contributed by atoms with Crippen molar-refractivity contribution in [1.29, 1.82) is 0 Å². The third-order valence-corrected chi connectivity index (χ3v) is 5.91. The van der Waals surface area contributed by atoms with Gasteiger partial charge in [-0.3, -0.25) is 14.3 Å². The molecule has 1 saturated carbocycles. The predicted octanol–water partition coefficient (Wildman–Crippen LogP) is 2.88. The number of hydrogen-bond donors (Lipinski definition) is 0. The van der Waals surface area contributed by atoms with Crippen molar-refractivity contribution in [1.82, 2.24) is 14.7 Å². The normalized spacial score (nSPS) is 26.7. The number of nitrogens with zero attached hydrogens (tertiary/aromatic N) is 3. The highest BCUT2D eigenvalue weighted by molar-refractivity contribution is 9.10.